The molecule has 0 aliphatic carbocycles. The maximum absolute atomic E-state index is 11.9. The number of urea groups is 1. The first-order chi connectivity index (χ1) is 13.6. The topological polar surface area (TPSA) is 84.1 Å². The van der Waals surface area contributed by atoms with Crippen LogP contribution in [0.4, 0.5) is 4.79 Å². The van der Waals surface area contributed by atoms with Crippen LogP contribution in [0.15, 0.2) is 42.5 Å². The van der Waals surface area contributed by atoms with E-state index in [-0.39, 0.29) is 12.1 Å². The lowest BCUT2D eigenvalue weighted by atomic mass is 9.97. The van der Waals surface area contributed by atoms with Crippen molar-refractivity contribution in [3.63, 3.8) is 0 Å². The fraction of sp³-hybridized carbons (Fsp3) is 0.318. The number of nitrogens with one attached hydrogen (secondary N) is 1. The molecule has 4 rings (SSSR count). The number of nitrogens with zero attached hydrogens (tertiary/aromatic N) is 3. The molecule has 6 heteroatoms. The third-order valence-corrected chi connectivity index (χ3v) is 5.32. The van der Waals surface area contributed by atoms with Crippen molar-refractivity contribution in [2.24, 2.45) is 5.73 Å². The van der Waals surface area contributed by atoms with Crippen molar-refractivity contribution in [3.8, 4) is 11.3 Å². The fourth-order valence-corrected chi connectivity index (χ4v) is 3.86. The highest BCUT2D eigenvalue weighted by Crippen LogP contribution is 2.31. The second-order valence-electron chi connectivity index (χ2n) is 7.21. The molecule has 1 fully saturated rings. The van der Waals surface area contributed by atoms with Crippen LogP contribution in [0.2, 0.25) is 0 Å². The largest absolute Gasteiger partial charge is 0.351 e. The maximum atomic E-state index is 11.9. The van der Waals surface area contributed by atoms with E-state index in [4.69, 9.17) is 15.7 Å². The third-order valence-electron chi connectivity index (χ3n) is 5.32. The Bertz CT molecular complexity index is 1030. The number of rotatable bonds is 3. The Kier molecular flexibility index (Phi) is 4.96. The van der Waals surface area contributed by atoms with Gasteiger partial charge in [-0.3, -0.25) is 9.97 Å². The van der Waals surface area contributed by atoms with E-state index >= 15 is 0 Å². The summed E-state index contributed by atoms with van der Waals surface area (Å²) in [6.07, 6.45) is 0.845. The molecule has 1 aliphatic heterocycles. The van der Waals surface area contributed by atoms with Crippen molar-refractivity contribution in [1.29, 1.82) is 0 Å². The Balaban J connectivity index is 1.84. The molecule has 0 spiro atoms. The third kappa shape index (κ3) is 3.43. The first kappa shape index (κ1) is 18.4. The molecular formula is C22H25N5O. The summed E-state index contributed by atoms with van der Waals surface area (Å²) in [4.78, 5) is 23.2. The molecule has 0 bridgehead atoms. The minimum atomic E-state index is -0.383. The number of hydrogen-bond donors (Lipinski definition) is 2. The van der Waals surface area contributed by atoms with Gasteiger partial charge in [0.25, 0.3) is 0 Å². The van der Waals surface area contributed by atoms with E-state index in [1.807, 2.05) is 25.1 Å². The summed E-state index contributed by atoms with van der Waals surface area (Å²) in [7, 11) is 0. The highest BCUT2D eigenvalue weighted by molar-refractivity contribution is 5.94. The van der Waals surface area contributed by atoms with Gasteiger partial charge in [-0.2, -0.15) is 0 Å². The molecule has 2 aromatic heterocycles. The number of aromatic nitrogens is 2. The lowest BCUT2D eigenvalue weighted by molar-refractivity contribution is 0.167. The number of benzene rings is 1. The summed E-state index contributed by atoms with van der Waals surface area (Å²) in [5.74, 6) is 0. The molecule has 2 amide bonds. The van der Waals surface area contributed by atoms with E-state index in [0.29, 0.717) is 13.1 Å². The Labute approximate surface area is 164 Å². The average Bonchev–Trinajstić information content (AvgIpc) is 2.72. The standard InChI is InChI=1S/C22H25N5O/c1-3-16-12-18(19-6-4-5-14(2)25-19)17-8-7-15(11-20(17)26-16)21-13-24-9-10-27(21)22(23)28/h4-8,11-12,21,24H,3,9-10,13H2,1-2H3,(H2,23,28). The lowest BCUT2D eigenvalue weighted by Gasteiger charge is -2.35. The van der Waals surface area contributed by atoms with E-state index < -0.39 is 0 Å². The van der Waals surface area contributed by atoms with Gasteiger partial charge < -0.3 is 16.0 Å². The van der Waals surface area contributed by atoms with Gasteiger partial charge in [0.05, 0.1) is 17.3 Å². The van der Waals surface area contributed by atoms with E-state index in [0.717, 1.165) is 52.1 Å². The number of fused-ring (bicyclic) bond motifs is 1. The summed E-state index contributed by atoms with van der Waals surface area (Å²) < 4.78 is 0. The monoisotopic (exact) mass is 375 g/mol. The second kappa shape index (κ2) is 7.56. The second-order valence-corrected chi connectivity index (χ2v) is 7.21. The summed E-state index contributed by atoms with van der Waals surface area (Å²) >= 11 is 0. The van der Waals surface area contributed by atoms with Crippen molar-refractivity contribution < 1.29 is 4.79 Å². The number of primary amides is 1. The van der Waals surface area contributed by atoms with Crippen LogP contribution in [0.5, 0.6) is 0 Å². The molecule has 3 aromatic rings. The van der Waals surface area contributed by atoms with E-state index in [2.05, 4.69) is 36.5 Å². The average molecular weight is 375 g/mol. The maximum Gasteiger partial charge on any atom is 0.315 e. The summed E-state index contributed by atoms with van der Waals surface area (Å²) in [6, 6.07) is 14.0. The number of hydrogen-bond acceptors (Lipinski definition) is 4. The zero-order valence-electron chi connectivity index (χ0n) is 16.3. The SMILES string of the molecule is CCc1cc(-c2cccc(C)n2)c2ccc(C3CNCCN3C(N)=O)cc2n1. The number of nitrogens with two attached hydrogens (primary N) is 1. The Morgan fingerprint density at radius 3 is 2.86 bits per heavy atom. The molecule has 1 aliphatic rings. The van der Waals surface area contributed by atoms with Gasteiger partial charge in [0.2, 0.25) is 0 Å². The Morgan fingerprint density at radius 2 is 2.11 bits per heavy atom. The zero-order chi connectivity index (χ0) is 19.7. The quantitative estimate of drug-likeness (QED) is 0.736. The summed E-state index contributed by atoms with van der Waals surface area (Å²) in [5.41, 5.74) is 11.6. The number of carbonyl (C=O) groups excluding carboxylic acids is 1. The number of carbonyl (C=O) groups is 1. The summed E-state index contributed by atoms with van der Waals surface area (Å²) in [5, 5.41) is 4.42. The van der Waals surface area contributed by atoms with Crippen molar-refractivity contribution in [2.75, 3.05) is 19.6 Å². The van der Waals surface area contributed by atoms with Crippen LogP contribution in [-0.2, 0) is 6.42 Å². The van der Waals surface area contributed by atoms with Crippen molar-refractivity contribution in [1.82, 2.24) is 20.2 Å². The molecule has 0 radical (unpaired) electrons. The van der Waals surface area contributed by atoms with Crippen molar-refractivity contribution >= 4 is 16.9 Å². The predicted octanol–water partition coefficient (Wildman–Crippen LogP) is 3.19. The molecule has 28 heavy (non-hydrogen) atoms. The first-order valence-corrected chi connectivity index (χ1v) is 9.71. The van der Waals surface area contributed by atoms with Gasteiger partial charge in [-0.25, -0.2) is 4.79 Å². The van der Waals surface area contributed by atoms with Crippen molar-refractivity contribution in [2.45, 2.75) is 26.3 Å². The molecule has 1 atom stereocenters. The van der Waals surface area contributed by atoms with E-state index in [1.54, 1.807) is 4.90 Å². The molecule has 3 N–H and O–H groups in total. The smallest absolute Gasteiger partial charge is 0.315 e. The highest BCUT2D eigenvalue weighted by atomic mass is 16.2. The van der Waals surface area contributed by atoms with Gasteiger partial charge in [-0.05, 0) is 43.2 Å². The van der Waals surface area contributed by atoms with E-state index in [9.17, 15) is 4.79 Å². The van der Waals surface area contributed by atoms with Crippen molar-refractivity contribution in [3.05, 3.63) is 59.4 Å². The zero-order valence-corrected chi connectivity index (χ0v) is 16.3. The Hall–Kier alpha value is -2.99. The van der Waals surface area contributed by atoms with E-state index in [1.165, 1.54) is 0 Å². The van der Waals surface area contributed by atoms with Crippen LogP contribution in [0, 0.1) is 6.92 Å². The van der Waals surface area contributed by atoms with Gasteiger partial charge >= 0.3 is 6.03 Å². The van der Waals surface area contributed by atoms with Gasteiger partial charge in [0.15, 0.2) is 0 Å². The van der Waals surface area contributed by atoms with Gasteiger partial charge in [0.1, 0.15) is 0 Å². The molecule has 6 nitrogen and oxygen atoms in total. The molecule has 3 heterocycles. The molecule has 0 saturated carbocycles. The lowest BCUT2D eigenvalue weighted by Crippen LogP contribution is -2.50. The number of aryl methyl sites for hydroxylation is 2. The number of amides is 2. The molecule has 1 aromatic carbocycles. The minimum absolute atomic E-state index is 0.0803. The van der Waals surface area contributed by atoms with Crippen LogP contribution in [0.1, 0.15) is 29.9 Å². The fourth-order valence-electron chi connectivity index (χ4n) is 3.86. The van der Waals surface area contributed by atoms with Crippen LogP contribution in [-0.4, -0.2) is 40.5 Å². The Morgan fingerprint density at radius 1 is 1.25 bits per heavy atom. The van der Waals surface area contributed by atoms with Crippen LogP contribution < -0.4 is 11.1 Å². The number of pyridine rings is 2. The number of piperazine rings is 1. The normalized spacial score (nSPS) is 17.1. The summed E-state index contributed by atoms with van der Waals surface area (Å²) in [6.45, 7) is 6.16. The first-order valence-electron chi connectivity index (χ1n) is 9.71. The molecule has 144 valence electrons. The van der Waals surface area contributed by atoms with Crippen LogP contribution in [0.25, 0.3) is 22.2 Å². The highest BCUT2D eigenvalue weighted by Gasteiger charge is 2.26. The van der Waals surface area contributed by atoms with Crippen LogP contribution in [0.3, 0.4) is 0 Å². The minimum Gasteiger partial charge on any atom is -0.351 e. The van der Waals surface area contributed by atoms with Gasteiger partial charge in [0, 0.05) is 42.0 Å². The molecule has 1 saturated heterocycles. The van der Waals surface area contributed by atoms with Crippen LogP contribution >= 0.6 is 0 Å². The van der Waals surface area contributed by atoms with Gasteiger partial charge in [-0.15, -0.1) is 0 Å². The molecule has 1 unspecified atom stereocenters. The molecular weight excluding hydrogens is 350 g/mol. The predicted molar refractivity (Wildman–Crippen MR) is 111 cm³/mol. The van der Waals surface area contributed by atoms with Gasteiger partial charge in [-0.1, -0.05) is 25.1 Å².